The molecular formula is C9H10N4. The highest BCUT2D eigenvalue weighted by atomic mass is 14.9. The van der Waals surface area contributed by atoms with Crippen LogP contribution in [0.4, 0.5) is 5.69 Å². The quantitative estimate of drug-likeness (QED) is 0.652. The Morgan fingerprint density at radius 2 is 2.00 bits per heavy atom. The minimum absolute atomic E-state index is 0.671. The summed E-state index contributed by atoms with van der Waals surface area (Å²) in [4.78, 5) is 12.6. The highest BCUT2D eigenvalue weighted by Gasteiger charge is 2.05. The molecule has 0 spiro atoms. The van der Waals surface area contributed by atoms with E-state index in [2.05, 4.69) is 15.0 Å². The molecule has 0 bridgehead atoms. The van der Waals surface area contributed by atoms with Crippen LogP contribution in [0.3, 0.4) is 0 Å². The fourth-order valence-corrected chi connectivity index (χ4v) is 1.40. The molecule has 2 N–H and O–H groups in total. The van der Waals surface area contributed by atoms with Crippen LogP contribution in [0.25, 0.3) is 11.0 Å². The van der Waals surface area contributed by atoms with Gasteiger partial charge in [-0.1, -0.05) is 0 Å². The van der Waals surface area contributed by atoms with E-state index in [9.17, 15) is 0 Å². The van der Waals surface area contributed by atoms with Gasteiger partial charge in [0.25, 0.3) is 0 Å². The molecule has 4 heteroatoms. The molecule has 0 aliphatic carbocycles. The first-order valence-corrected chi connectivity index (χ1v) is 4.04. The predicted molar refractivity (Wildman–Crippen MR) is 51.2 cm³/mol. The SMILES string of the molecule is Cc1nc(C)c2c(N)ccnc2n1. The van der Waals surface area contributed by atoms with Crippen molar-refractivity contribution in [3.8, 4) is 0 Å². The Labute approximate surface area is 75.8 Å². The Morgan fingerprint density at radius 1 is 1.23 bits per heavy atom. The van der Waals surface area contributed by atoms with E-state index in [-0.39, 0.29) is 0 Å². The Morgan fingerprint density at radius 3 is 2.77 bits per heavy atom. The molecular weight excluding hydrogens is 164 g/mol. The molecule has 0 unspecified atom stereocenters. The molecule has 0 aliphatic heterocycles. The van der Waals surface area contributed by atoms with E-state index in [0.29, 0.717) is 11.3 Å². The molecule has 0 fully saturated rings. The average Bonchev–Trinajstić information content (AvgIpc) is 2.02. The molecule has 2 aromatic heterocycles. The maximum Gasteiger partial charge on any atom is 0.165 e. The van der Waals surface area contributed by atoms with Gasteiger partial charge in [-0.15, -0.1) is 0 Å². The van der Waals surface area contributed by atoms with Gasteiger partial charge in [0, 0.05) is 11.9 Å². The zero-order valence-electron chi connectivity index (χ0n) is 7.57. The first-order chi connectivity index (χ1) is 6.18. The van der Waals surface area contributed by atoms with Crippen LogP contribution in [0.5, 0.6) is 0 Å². The van der Waals surface area contributed by atoms with Gasteiger partial charge >= 0.3 is 0 Å². The molecule has 2 aromatic rings. The van der Waals surface area contributed by atoms with Crippen molar-refractivity contribution in [3.05, 3.63) is 23.8 Å². The van der Waals surface area contributed by atoms with Crippen molar-refractivity contribution in [2.24, 2.45) is 0 Å². The number of nitrogens with two attached hydrogens (primary N) is 1. The summed E-state index contributed by atoms with van der Waals surface area (Å²) in [6, 6.07) is 1.76. The van der Waals surface area contributed by atoms with E-state index in [1.54, 1.807) is 12.3 Å². The normalized spacial score (nSPS) is 10.6. The Kier molecular flexibility index (Phi) is 1.62. The van der Waals surface area contributed by atoms with Crippen LogP contribution in [0.1, 0.15) is 11.5 Å². The van der Waals surface area contributed by atoms with Gasteiger partial charge in [-0.2, -0.15) is 0 Å². The Balaban J connectivity index is 2.94. The van der Waals surface area contributed by atoms with Gasteiger partial charge < -0.3 is 5.73 Å². The minimum Gasteiger partial charge on any atom is -0.398 e. The molecule has 66 valence electrons. The van der Waals surface area contributed by atoms with Gasteiger partial charge in [-0.25, -0.2) is 15.0 Å². The smallest absolute Gasteiger partial charge is 0.165 e. The molecule has 0 radical (unpaired) electrons. The third-order valence-corrected chi connectivity index (χ3v) is 1.92. The lowest BCUT2D eigenvalue weighted by Gasteiger charge is -2.03. The minimum atomic E-state index is 0.671. The Hall–Kier alpha value is -1.71. The number of fused-ring (bicyclic) bond motifs is 1. The number of nitrogens with zero attached hydrogens (tertiary/aromatic N) is 3. The number of anilines is 1. The second-order valence-electron chi connectivity index (χ2n) is 2.96. The van der Waals surface area contributed by atoms with Crippen molar-refractivity contribution in [2.45, 2.75) is 13.8 Å². The molecule has 0 saturated heterocycles. The monoisotopic (exact) mass is 174 g/mol. The zero-order chi connectivity index (χ0) is 9.42. The number of rotatable bonds is 0. The highest BCUT2D eigenvalue weighted by Crippen LogP contribution is 2.19. The van der Waals surface area contributed by atoms with Crippen LogP contribution in [0, 0.1) is 13.8 Å². The van der Waals surface area contributed by atoms with Crippen LogP contribution >= 0.6 is 0 Å². The first-order valence-electron chi connectivity index (χ1n) is 4.04. The van der Waals surface area contributed by atoms with Crippen molar-refractivity contribution in [1.82, 2.24) is 15.0 Å². The summed E-state index contributed by atoms with van der Waals surface area (Å²) in [5, 5.41) is 0.855. The average molecular weight is 174 g/mol. The fraction of sp³-hybridized carbons (Fsp3) is 0.222. The van der Waals surface area contributed by atoms with E-state index >= 15 is 0 Å². The largest absolute Gasteiger partial charge is 0.398 e. The Bertz CT molecular complexity index is 464. The number of hydrogen-bond donors (Lipinski definition) is 1. The van der Waals surface area contributed by atoms with E-state index < -0.39 is 0 Å². The molecule has 0 atom stereocenters. The molecule has 0 aliphatic rings. The van der Waals surface area contributed by atoms with Gasteiger partial charge in [-0.3, -0.25) is 0 Å². The van der Waals surface area contributed by atoms with Crippen molar-refractivity contribution >= 4 is 16.7 Å². The molecule has 0 saturated carbocycles. The zero-order valence-corrected chi connectivity index (χ0v) is 7.57. The molecule has 4 nitrogen and oxygen atoms in total. The van der Waals surface area contributed by atoms with Crippen LogP contribution in [-0.4, -0.2) is 15.0 Å². The second kappa shape index (κ2) is 2.65. The third kappa shape index (κ3) is 1.20. The van der Waals surface area contributed by atoms with Crippen LogP contribution in [0.2, 0.25) is 0 Å². The van der Waals surface area contributed by atoms with Gasteiger partial charge in [-0.05, 0) is 19.9 Å². The lowest BCUT2D eigenvalue weighted by Crippen LogP contribution is -1.98. The summed E-state index contributed by atoms with van der Waals surface area (Å²) >= 11 is 0. The highest BCUT2D eigenvalue weighted by molar-refractivity contribution is 5.89. The summed E-state index contributed by atoms with van der Waals surface area (Å²) in [6.45, 7) is 3.76. The first kappa shape index (κ1) is 7.91. The molecule has 0 aromatic carbocycles. The fourth-order valence-electron chi connectivity index (χ4n) is 1.40. The standard InChI is InChI=1S/C9H10N4/c1-5-8-7(10)3-4-11-9(8)13-6(2)12-5/h3-4H,1-2H3,(H2,10,11,12,13). The molecule has 2 heterocycles. The van der Waals surface area contributed by atoms with Gasteiger partial charge in [0.2, 0.25) is 0 Å². The van der Waals surface area contributed by atoms with Crippen molar-refractivity contribution in [2.75, 3.05) is 5.73 Å². The lowest BCUT2D eigenvalue weighted by molar-refractivity contribution is 1.04. The maximum atomic E-state index is 5.79. The number of nitrogen functional groups attached to an aromatic ring is 1. The van der Waals surface area contributed by atoms with Crippen LogP contribution in [0.15, 0.2) is 12.3 Å². The maximum absolute atomic E-state index is 5.79. The number of aryl methyl sites for hydroxylation is 2. The predicted octanol–water partition coefficient (Wildman–Crippen LogP) is 1.22. The van der Waals surface area contributed by atoms with Crippen molar-refractivity contribution in [3.63, 3.8) is 0 Å². The van der Waals surface area contributed by atoms with Crippen molar-refractivity contribution < 1.29 is 0 Å². The van der Waals surface area contributed by atoms with E-state index in [0.717, 1.165) is 16.9 Å². The number of pyridine rings is 1. The molecule has 13 heavy (non-hydrogen) atoms. The van der Waals surface area contributed by atoms with E-state index in [1.807, 2.05) is 13.8 Å². The topological polar surface area (TPSA) is 64.7 Å². The van der Waals surface area contributed by atoms with Gasteiger partial charge in [0.1, 0.15) is 5.82 Å². The second-order valence-corrected chi connectivity index (χ2v) is 2.96. The number of aromatic nitrogens is 3. The van der Waals surface area contributed by atoms with E-state index in [4.69, 9.17) is 5.73 Å². The van der Waals surface area contributed by atoms with Crippen molar-refractivity contribution in [1.29, 1.82) is 0 Å². The lowest BCUT2D eigenvalue weighted by atomic mass is 10.2. The van der Waals surface area contributed by atoms with Crippen LogP contribution < -0.4 is 5.73 Å². The summed E-state index contributed by atoms with van der Waals surface area (Å²) in [5.74, 6) is 0.725. The van der Waals surface area contributed by atoms with E-state index in [1.165, 1.54) is 0 Å². The molecule has 2 rings (SSSR count). The summed E-state index contributed by atoms with van der Waals surface area (Å²) in [7, 11) is 0. The van der Waals surface area contributed by atoms with Gasteiger partial charge in [0.05, 0.1) is 11.1 Å². The number of hydrogen-bond acceptors (Lipinski definition) is 4. The third-order valence-electron chi connectivity index (χ3n) is 1.92. The van der Waals surface area contributed by atoms with Gasteiger partial charge in [0.15, 0.2) is 5.65 Å². The molecule has 0 amide bonds. The summed E-state index contributed by atoms with van der Waals surface area (Å²) in [6.07, 6.45) is 1.66. The van der Waals surface area contributed by atoms with Crippen LogP contribution in [-0.2, 0) is 0 Å². The summed E-state index contributed by atoms with van der Waals surface area (Å²) in [5.41, 5.74) is 8.02. The summed E-state index contributed by atoms with van der Waals surface area (Å²) < 4.78 is 0.